The molecule has 0 aromatic rings. The molecule has 39 heavy (non-hydrogen) atoms. The van der Waals surface area contributed by atoms with E-state index in [9.17, 15) is 14.4 Å². The fraction of sp³-hybridized carbons (Fsp3) is 0.897. The summed E-state index contributed by atoms with van der Waals surface area (Å²) in [6, 6.07) is 0. The van der Waals surface area contributed by atoms with Gasteiger partial charge in [-0.2, -0.15) is 0 Å². The van der Waals surface area contributed by atoms with Gasteiger partial charge in [-0.15, -0.1) is 0 Å². The fourth-order valence-electron chi connectivity index (χ4n) is 5.25. The van der Waals surface area contributed by atoms with Crippen molar-refractivity contribution in [2.24, 2.45) is 11.8 Å². The van der Waals surface area contributed by atoms with Crippen LogP contribution in [0.1, 0.15) is 92.4 Å². The molecule has 1 saturated carbocycles. The molecule has 2 fully saturated rings. The Balaban J connectivity index is 2.23. The van der Waals surface area contributed by atoms with Gasteiger partial charge in [0, 0.05) is 51.7 Å². The monoisotopic (exact) mass is 572 g/mol. The van der Waals surface area contributed by atoms with Crippen LogP contribution < -0.4 is 0 Å². The minimum absolute atomic E-state index is 0.00190. The molecule has 9 nitrogen and oxygen atoms in total. The van der Waals surface area contributed by atoms with Crippen molar-refractivity contribution in [1.29, 1.82) is 0 Å². The number of carbonyl (C=O) groups excluding carboxylic acids is 3. The molecule has 1 aliphatic carbocycles. The molecule has 226 valence electrons. The Morgan fingerprint density at radius 1 is 1.00 bits per heavy atom. The molecular weight excluding hydrogens is 520 g/mol. The van der Waals surface area contributed by atoms with Crippen LogP contribution in [0, 0.1) is 11.8 Å². The average molecular weight is 573 g/mol. The summed E-state index contributed by atoms with van der Waals surface area (Å²) in [5.74, 6) is -0.976. The van der Waals surface area contributed by atoms with Crippen LogP contribution in [0.25, 0.3) is 0 Å². The lowest BCUT2D eigenvalue weighted by Crippen LogP contribution is -2.44. The Kier molecular flexibility index (Phi) is 13.4. The highest BCUT2D eigenvalue weighted by Gasteiger charge is 2.48. The third-order valence-corrected chi connectivity index (χ3v) is 13.0. The summed E-state index contributed by atoms with van der Waals surface area (Å²) in [6.45, 7) is 15.2. The summed E-state index contributed by atoms with van der Waals surface area (Å²) in [7, 11) is -0.679. The molecule has 0 spiro atoms. The largest absolute Gasteiger partial charge is 0.469 e. The van der Waals surface area contributed by atoms with Crippen molar-refractivity contribution in [1.82, 2.24) is 0 Å². The lowest BCUT2D eigenvalue weighted by molar-refractivity contribution is -0.198. The van der Waals surface area contributed by atoms with Crippen LogP contribution in [0.2, 0.25) is 18.1 Å². The van der Waals surface area contributed by atoms with Crippen LogP contribution in [-0.4, -0.2) is 71.2 Å². The minimum atomic E-state index is -2.04. The van der Waals surface area contributed by atoms with Gasteiger partial charge in [-0.05, 0) is 63.1 Å². The van der Waals surface area contributed by atoms with E-state index >= 15 is 0 Å². The second kappa shape index (κ2) is 15.5. The Hall–Kier alpha value is -1.49. The number of ether oxygens (including phenoxy) is 5. The normalized spacial score (nSPS) is 26.6. The van der Waals surface area contributed by atoms with Gasteiger partial charge in [0.05, 0.1) is 13.2 Å². The predicted octanol–water partition coefficient (Wildman–Crippen LogP) is 5.54. The van der Waals surface area contributed by atoms with Crippen molar-refractivity contribution >= 4 is 26.2 Å². The molecule has 0 N–H and O–H groups in total. The molecule has 2 aliphatic rings. The zero-order valence-electron chi connectivity index (χ0n) is 25.4. The molecule has 1 saturated heterocycles. The molecule has 0 aromatic carbocycles. The van der Waals surface area contributed by atoms with Gasteiger partial charge in [-0.25, -0.2) is 0 Å². The van der Waals surface area contributed by atoms with Crippen molar-refractivity contribution in [2.45, 2.75) is 135 Å². The Morgan fingerprint density at radius 2 is 1.72 bits per heavy atom. The number of esters is 3. The van der Waals surface area contributed by atoms with Gasteiger partial charge in [0.25, 0.3) is 0 Å². The van der Waals surface area contributed by atoms with Gasteiger partial charge < -0.3 is 28.1 Å². The first-order chi connectivity index (χ1) is 18.2. The van der Waals surface area contributed by atoms with E-state index in [1.807, 2.05) is 0 Å². The van der Waals surface area contributed by atoms with Gasteiger partial charge in [0.2, 0.25) is 0 Å². The Labute approximate surface area is 236 Å². The Bertz CT molecular complexity index is 788. The lowest BCUT2D eigenvalue weighted by atomic mass is 9.88. The molecule has 0 aromatic heterocycles. The van der Waals surface area contributed by atoms with Crippen LogP contribution in [0.4, 0.5) is 0 Å². The number of methoxy groups -OCH3 is 1. The highest BCUT2D eigenvalue weighted by molar-refractivity contribution is 6.74. The molecule has 6 atom stereocenters. The second-order valence-corrected chi connectivity index (χ2v) is 17.3. The standard InChI is InChI=1S/C29H52O9Si/c1-20(30)36-22(12-11-13-27(32)33-6)15-16-23-24(19-35-39(7,8)29(3,4)5)26(18-25(23)37-21(2)31)38-28-14-9-10-17-34-28/h22-26,28H,9-19H2,1-8H3/t22?,23-,24-,25+,26-,28?/m0/s1. The smallest absolute Gasteiger partial charge is 0.305 e. The minimum Gasteiger partial charge on any atom is -0.469 e. The van der Waals surface area contributed by atoms with Crippen molar-refractivity contribution in [2.75, 3.05) is 20.3 Å². The van der Waals surface area contributed by atoms with Crippen molar-refractivity contribution < 1.29 is 42.5 Å². The third kappa shape index (κ3) is 11.1. The van der Waals surface area contributed by atoms with Crippen LogP contribution >= 0.6 is 0 Å². The van der Waals surface area contributed by atoms with Gasteiger partial charge in [0.15, 0.2) is 14.6 Å². The van der Waals surface area contributed by atoms with Crippen LogP contribution in [-0.2, 0) is 42.5 Å². The highest BCUT2D eigenvalue weighted by atomic mass is 28.4. The highest BCUT2D eigenvalue weighted by Crippen LogP contribution is 2.43. The van der Waals surface area contributed by atoms with Gasteiger partial charge in [-0.1, -0.05) is 20.8 Å². The van der Waals surface area contributed by atoms with E-state index in [0.29, 0.717) is 45.3 Å². The average Bonchev–Trinajstić information content (AvgIpc) is 3.15. The van der Waals surface area contributed by atoms with E-state index in [-0.39, 0.29) is 65.8 Å². The maximum atomic E-state index is 12.1. The zero-order valence-corrected chi connectivity index (χ0v) is 26.4. The number of hydrogen-bond acceptors (Lipinski definition) is 9. The van der Waals surface area contributed by atoms with Crippen LogP contribution in [0.5, 0.6) is 0 Å². The van der Waals surface area contributed by atoms with Crippen LogP contribution in [0.15, 0.2) is 0 Å². The zero-order chi connectivity index (χ0) is 29.2. The number of carbonyl (C=O) groups is 3. The molecule has 1 aliphatic heterocycles. The number of rotatable bonds is 14. The number of hydrogen-bond donors (Lipinski definition) is 0. The van der Waals surface area contributed by atoms with Gasteiger partial charge in [-0.3, -0.25) is 14.4 Å². The second-order valence-electron chi connectivity index (χ2n) is 12.5. The predicted molar refractivity (Wildman–Crippen MR) is 149 cm³/mol. The van der Waals surface area contributed by atoms with E-state index in [1.54, 1.807) is 0 Å². The molecular formula is C29H52O9Si. The van der Waals surface area contributed by atoms with Crippen molar-refractivity contribution in [3.05, 3.63) is 0 Å². The molecule has 10 heteroatoms. The molecule has 2 rings (SSSR count). The van der Waals surface area contributed by atoms with Crippen molar-refractivity contribution in [3.63, 3.8) is 0 Å². The summed E-state index contributed by atoms with van der Waals surface area (Å²) >= 11 is 0. The van der Waals surface area contributed by atoms with Gasteiger partial charge >= 0.3 is 17.9 Å². The maximum Gasteiger partial charge on any atom is 0.305 e. The third-order valence-electron chi connectivity index (χ3n) is 8.48. The topological polar surface area (TPSA) is 107 Å². The van der Waals surface area contributed by atoms with E-state index in [0.717, 1.165) is 19.3 Å². The van der Waals surface area contributed by atoms with E-state index < -0.39 is 8.32 Å². The molecule has 0 radical (unpaired) electrons. The summed E-state index contributed by atoms with van der Waals surface area (Å²) < 4.78 is 35.3. The first-order valence-corrected chi connectivity index (χ1v) is 17.5. The summed E-state index contributed by atoms with van der Waals surface area (Å²) in [5.41, 5.74) is 0. The van der Waals surface area contributed by atoms with Gasteiger partial charge in [0.1, 0.15) is 12.2 Å². The maximum absolute atomic E-state index is 12.1. The fourth-order valence-corrected chi connectivity index (χ4v) is 6.29. The summed E-state index contributed by atoms with van der Waals surface area (Å²) in [6.07, 6.45) is 5.09. The Morgan fingerprint density at radius 3 is 2.28 bits per heavy atom. The van der Waals surface area contributed by atoms with E-state index in [2.05, 4.69) is 33.9 Å². The molecule has 0 bridgehead atoms. The first-order valence-electron chi connectivity index (χ1n) is 14.6. The quantitative estimate of drug-likeness (QED) is 0.151. The first kappa shape index (κ1) is 33.7. The SMILES string of the molecule is COC(=O)CCCC(CC[C@H]1[C@H](CO[Si](C)(C)C(C)(C)C)[C@@H](OC2CCCCO2)C[C@H]1OC(C)=O)OC(C)=O. The molecule has 2 unspecified atom stereocenters. The van der Waals surface area contributed by atoms with E-state index in [1.165, 1.54) is 21.0 Å². The lowest BCUT2D eigenvalue weighted by Gasteiger charge is -2.39. The summed E-state index contributed by atoms with van der Waals surface area (Å²) in [5, 5.41) is 0.0548. The van der Waals surface area contributed by atoms with Crippen LogP contribution in [0.3, 0.4) is 0 Å². The summed E-state index contributed by atoms with van der Waals surface area (Å²) in [4.78, 5) is 35.5. The molecule has 1 heterocycles. The molecule has 0 amide bonds. The van der Waals surface area contributed by atoms with E-state index in [4.69, 9.17) is 28.1 Å². The van der Waals surface area contributed by atoms with Crippen molar-refractivity contribution in [3.8, 4) is 0 Å².